The molecule has 0 spiro atoms. The van der Waals surface area contributed by atoms with Crippen molar-refractivity contribution < 1.29 is 14.7 Å². The van der Waals surface area contributed by atoms with Crippen LogP contribution in [0.5, 0.6) is 0 Å². The molecule has 1 heterocycles. The molecule has 1 amide bonds. The number of carboxylic acid groups (broad SMARTS) is 1. The molecule has 0 fully saturated rings. The van der Waals surface area contributed by atoms with Crippen molar-refractivity contribution in [3.05, 3.63) is 18.5 Å². The third-order valence-electron chi connectivity index (χ3n) is 3.15. The number of carboxylic acids is 1. The molecule has 0 unspecified atom stereocenters. The van der Waals surface area contributed by atoms with E-state index in [1.54, 1.807) is 10.9 Å². The van der Waals surface area contributed by atoms with Crippen molar-refractivity contribution in [2.45, 2.75) is 45.7 Å². The molecular weight excluding hydrogens is 246 g/mol. The number of nitrogens with zero attached hydrogens (tertiary/aromatic N) is 2. The van der Waals surface area contributed by atoms with Crippen molar-refractivity contribution in [1.29, 1.82) is 0 Å². The first-order valence-corrected chi connectivity index (χ1v) is 6.54. The van der Waals surface area contributed by atoms with Crippen LogP contribution in [0, 0.1) is 5.92 Å². The van der Waals surface area contributed by atoms with E-state index in [1.165, 1.54) is 0 Å². The molecule has 1 rings (SSSR count). The molecule has 0 aliphatic carbocycles. The summed E-state index contributed by atoms with van der Waals surface area (Å²) in [6, 6.07) is 1.02. The monoisotopic (exact) mass is 267 g/mol. The highest BCUT2D eigenvalue weighted by molar-refractivity contribution is 5.83. The summed E-state index contributed by atoms with van der Waals surface area (Å²) in [6.07, 6.45) is 5.17. The second kappa shape index (κ2) is 7.56. The first kappa shape index (κ1) is 15.2. The van der Waals surface area contributed by atoms with Crippen LogP contribution >= 0.6 is 0 Å². The summed E-state index contributed by atoms with van der Waals surface area (Å²) in [5.41, 5.74) is 0. The molecule has 106 valence electrons. The molecule has 0 bridgehead atoms. The Balaban J connectivity index is 2.34. The molecule has 0 radical (unpaired) electrons. The number of nitrogens with one attached hydrogen (secondary N) is 1. The summed E-state index contributed by atoms with van der Waals surface area (Å²) in [5.74, 6) is -1.28. The summed E-state index contributed by atoms with van der Waals surface area (Å²) < 4.78 is 1.75. The topological polar surface area (TPSA) is 84.2 Å². The van der Waals surface area contributed by atoms with Gasteiger partial charge in [-0.05, 0) is 18.4 Å². The third-order valence-corrected chi connectivity index (χ3v) is 3.15. The van der Waals surface area contributed by atoms with E-state index in [9.17, 15) is 9.59 Å². The largest absolute Gasteiger partial charge is 0.480 e. The highest BCUT2D eigenvalue weighted by Crippen LogP contribution is 2.08. The quantitative estimate of drug-likeness (QED) is 0.743. The van der Waals surface area contributed by atoms with Crippen LogP contribution in [0.3, 0.4) is 0 Å². The van der Waals surface area contributed by atoms with Gasteiger partial charge in [0.2, 0.25) is 5.91 Å². The number of aryl methyl sites for hydroxylation is 1. The number of carbonyl (C=O) groups is 2. The van der Waals surface area contributed by atoms with Crippen molar-refractivity contribution in [2.75, 3.05) is 0 Å². The number of aliphatic carboxylic acids is 1. The van der Waals surface area contributed by atoms with Crippen LogP contribution in [0.4, 0.5) is 0 Å². The lowest BCUT2D eigenvalue weighted by Crippen LogP contribution is -2.45. The SMILES string of the molecule is CC[C@H](C)[C@H](NC(=O)CCCn1cccn1)C(=O)O. The molecule has 0 aliphatic heterocycles. The van der Waals surface area contributed by atoms with E-state index in [4.69, 9.17) is 5.11 Å². The fourth-order valence-corrected chi connectivity index (χ4v) is 1.76. The molecule has 0 aliphatic rings. The fourth-order valence-electron chi connectivity index (χ4n) is 1.76. The average Bonchev–Trinajstić information content (AvgIpc) is 2.87. The van der Waals surface area contributed by atoms with Gasteiger partial charge in [0, 0.05) is 25.4 Å². The molecule has 1 aromatic heterocycles. The van der Waals surface area contributed by atoms with E-state index in [1.807, 2.05) is 26.1 Å². The van der Waals surface area contributed by atoms with Gasteiger partial charge in [0.15, 0.2) is 0 Å². The Morgan fingerprint density at radius 1 is 1.47 bits per heavy atom. The van der Waals surface area contributed by atoms with Crippen LogP contribution in [-0.4, -0.2) is 32.8 Å². The second-order valence-electron chi connectivity index (χ2n) is 4.64. The Morgan fingerprint density at radius 3 is 2.74 bits per heavy atom. The van der Waals surface area contributed by atoms with Crippen LogP contribution in [0.1, 0.15) is 33.1 Å². The maximum Gasteiger partial charge on any atom is 0.326 e. The summed E-state index contributed by atoms with van der Waals surface area (Å²) >= 11 is 0. The molecule has 6 nitrogen and oxygen atoms in total. The molecule has 0 saturated heterocycles. The van der Waals surface area contributed by atoms with Gasteiger partial charge >= 0.3 is 5.97 Å². The van der Waals surface area contributed by atoms with Crippen LogP contribution < -0.4 is 5.32 Å². The summed E-state index contributed by atoms with van der Waals surface area (Å²) in [4.78, 5) is 22.8. The molecule has 6 heteroatoms. The van der Waals surface area contributed by atoms with Gasteiger partial charge in [0.05, 0.1) is 0 Å². The molecule has 0 saturated carbocycles. The Kier molecular flexibility index (Phi) is 6.05. The maximum atomic E-state index is 11.7. The lowest BCUT2D eigenvalue weighted by Gasteiger charge is -2.20. The Hall–Kier alpha value is -1.85. The molecule has 2 atom stereocenters. The van der Waals surface area contributed by atoms with Crippen LogP contribution in [0.25, 0.3) is 0 Å². The minimum atomic E-state index is -0.977. The van der Waals surface area contributed by atoms with Gasteiger partial charge < -0.3 is 10.4 Å². The van der Waals surface area contributed by atoms with Gasteiger partial charge in [-0.3, -0.25) is 9.48 Å². The van der Waals surface area contributed by atoms with Crippen LogP contribution in [0.2, 0.25) is 0 Å². The second-order valence-corrected chi connectivity index (χ2v) is 4.64. The first-order chi connectivity index (χ1) is 9.04. The van der Waals surface area contributed by atoms with Gasteiger partial charge in [-0.1, -0.05) is 20.3 Å². The van der Waals surface area contributed by atoms with Crippen molar-refractivity contribution >= 4 is 11.9 Å². The van der Waals surface area contributed by atoms with Gasteiger partial charge in [-0.2, -0.15) is 5.10 Å². The average molecular weight is 267 g/mol. The van der Waals surface area contributed by atoms with E-state index < -0.39 is 12.0 Å². The van der Waals surface area contributed by atoms with Crippen LogP contribution in [0.15, 0.2) is 18.5 Å². The highest BCUT2D eigenvalue weighted by Gasteiger charge is 2.24. The minimum absolute atomic E-state index is 0.0763. The zero-order valence-corrected chi connectivity index (χ0v) is 11.4. The maximum absolute atomic E-state index is 11.7. The number of aromatic nitrogens is 2. The fraction of sp³-hybridized carbons (Fsp3) is 0.615. The normalized spacial score (nSPS) is 13.8. The summed E-state index contributed by atoms with van der Waals surface area (Å²) in [6.45, 7) is 4.38. The van der Waals surface area contributed by atoms with Crippen molar-refractivity contribution in [1.82, 2.24) is 15.1 Å². The highest BCUT2D eigenvalue weighted by atomic mass is 16.4. The van der Waals surface area contributed by atoms with Gasteiger partial charge in [0.25, 0.3) is 0 Å². The zero-order chi connectivity index (χ0) is 14.3. The van der Waals surface area contributed by atoms with E-state index in [0.29, 0.717) is 25.8 Å². The Morgan fingerprint density at radius 2 is 2.21 bits per heavy atom. The molecule has 19 heavy (non-hydrogen) atoms. The number of hydrogen-bond acceptors (Lipinski definition) is 3. The zero-order valence-electron chi connectivity index (χ0n) is 11.4. The van der Waals surface area contributed by atoms with E-state index in [-0.39, 0.29) is 11.8 Å². The van der Waals surface area contributed by atoms with Crippen molar-refractivity contribution in [2.24, 2.45) is 5.92 Å². The molecular formula is C13H21N3O3. The molecule has 2 N–H and O–H groups in total. The molecule has 0 aromatic carbocycles. The summed E-state index contributed by atoms with van der Waals surface area (Å²) in [7, 11) is 0. The number of amides is 1. The van der Waals surface area contributed by atoms with Gasteiger partial charge in [-0.25, -0.2) is 4.79 Å². The predicted molar refractivity (Wildman–Crippen MR) is 70.5 cm³/mol. The van der Waals surface area contributed by atoms with E-state index in [2.05, 4.69) is 10.4 Å². The number of rotatable bonds is 8. The van der Waals surface area contributed by atoms with Crippen LogP contribution in [-0.2, 0) is 16.1 Å². The van der Waals surface area contributed by atoms with Crippen molar-refractivity contribution in [3.8, 4) is 0 Å². The van der Waals surface area contributed by atoms with Gasteiger partial charge in [-0.15, -0.1) is 0 Å². The number of carbonyl (C=O) groups excluding carboxylic acids is 1. The molecule has 1 aromatic rings. The standard InChI is InChI=1S/C13H21N3O3/c1-3-10(2)12(13(18)19)15-11(17)6-4-8-16-9-5-7-14-16/h5,7,9-10,12H,3-4,6,8H2,1-2H3,(H,15,17)(H,18,19)/t10-,12-/m0/s1. The predicted octanol–water partition coefficient (Wildman–Crippen LogP) is 1.28. The summed E-state index contributed by atoms with van der Waals surface area (Å²) in [5, 5.41) is 15.7. The first-order valence-electron chi connectivity index (χ1n) is 6.54. The van der Waals surface area contributed by atoms with Crippen molar-refractivity contribution in [3.63, 3.8) is 0 Å². The third kappa shape index (κ3) is 5.11. The minimum Gasteiger partial charge on any atom is -0.480 e. The van der Waals surface area contributed by atoms with E-state index in [0.717, 1.165) is 0 Å². The van der Waals surface area contributed by atoms with Gasteiger partial charge in [0.1, 0.15) is 6.04 Å². The Bertz CT molecular complexity index is 403. The van der Waals surface area contributed by atoms with E-state index >= 15 is 0 Å². The number of hydrogen-bond donors (Lipinski definition) is 2. The smallest absolute Gasteiger partial charge is 0.326 e. The Labute approximate surface area is 112 Å². The lowest BCUT2D eigenvalue weighted by molar-refractivity contribution is -0.143. The lowest BCUT2D eigenvalue weighted by atomic mass is 9.99.